The molecular formula is C13H25N. The molecule has 0 bridgehead atoms. The third-order valence-electron chi connectivity index (χ3n) is 2.18. The summed E-state index contributed by atoms with van der Waals surface area (Å²) in [6.07, 6.45) is 9.25. The van der Waals surface area contributed by atoms with Crippen LogP contribution in [0.1, 0.15) is 51.9 Å². The van der Waals surface area contributed by atoms with Gasteiger partial charge >= 0.3 is 0 Å². The third kappa shape index (κ3) is 11.5. The summed E-state index contributed by atoms with van der Waals surface area (Å²) < 4.78 is 0. The van der Waals surface area contributed by atoms with Gasteiger partial charge in [0.2, 0.25) is 0 Å². The van der Waals surface area contributed by atoms with E-state index in [0.717, 1.165) is 13.0 Å². The third-order valence-corrected chi connectivity index (χ3v) is 2.18. The van der Waals surface area contributed by atoms with Crippen molar-refractivity contribution in [2.75, 3.05) is 20.6 Å². The molecule has 0 unspecified atom stereocenters. The summed E-state index contributed by atoms with van der Waals surface area (Å²) in [6.45, 7) is 3.16. The minimum atomic E-state index is 0.899. The zero-order chi connectivity index (χ0) is 10.6. The van der Waals surface area contributed by atoms with Crippen LogP contribution in [-0.4, -0.2) is 25.5 Å². The van der Waals surface area contributed by atoms with Gasteiger partial charge < -0.3 is 0 Å². The number of nitrogens with zero attached hydrogens (tertiary/aromatic N) is 1. The summed E-state index contributed by atoms with van der Waals surface area (Å²) in [7, 11) is 4.11. The van der Waals surface area contributed by atoms with Gasteiger partial charge in [-0.1, -0.05) is 44.9 Å². The summed E-state index contributed by atoms with van der Waals surface area (Å²) in [4.78, 5) is 2.11. The van der Waals surface area contributed by atoms with Crippen molar-refractivity contribution >= 4 is 0 Å². The van der Waals surface area contributed by atoms with E-state index in [4.69, 9.17) is 0 Å². The average Bonchev–Trinajstić information content (AvgIpc) is 2.15. The Bertz CT molecular complexity index is 162. The van der Waals surface area contributed by atoms with Gasteiger partial charge in [-0.15, -0.1) is 5.92 Å². The summed E-state index contributed by atoms with van der Waals surface area (Å²) in [6, 6.07) is 0. The Balaban J connectivity index is 3.07. The molecule has 82 valence electrons. The zero-order valence-corrected chi connectivity index (χ0v) is 10.1. The average molecular weight is 195 g/mol. The zero-order valence-electron chi connectivity index (χ0n) is 10.1. The predicted octanol–water partition coefficient (Wildman–Crippen LogP) is 3.30. The number of rotatable bonds is 7. The highest BCUT2D eigenvalue weighted by Crippen LogP contribution is 2.05. The normalized spacial score (nSPS) is 10.0. The van der Waals surface area contributed by atoms with E-state index >= 15 is 0 Å². The van der Waals surface area contributed by atoms with Crippen molar-refractivity contribution in [2.45, 2.75) is 51.9 Å². The molecule has 14 heavy (non-hydrogen) atoms. The van der Waals surface area contributed by atoms with Crippen LogP contribution in [0.3, 0.4) is 0 Å². The van der Waals surface area contributed by atoms with Crippen LogP contribution in [-0.2, 0) is 0 Å². The van der Waals surface area contributed by atoms with Gasteiger partial charge in [0.15, 0.2) is 0 Å². The van der Waals surface area contributed by atoms with Crippen molar-refractivity contribution in [3.63, 3.8) is 0 Å². The topological polar surface area (TPSA) is 3.24 Å². The van der Waals surface area contributed by atoms with Gasteiger partial charge in [-0.3, -0.25) is 4.90 Å². The van der Waals surface area contributed by atoms with Crippen LogP contribution in [0.2, 0.25) is 0 Å². The number of hydrogen-bond donors (Lipinski definition) is 0. The molecule has 0 saturated heterocycles. The van der Waals surface area contributed by atoms with Crippen LogP contribution in [0.4, 0.5) is 0 Å². The molecule has 0 N–H and O–H groups in total. The highest BCUT2D eigenvalue weighted by molar-refractivity contribution is 5.00. The smallest absolute Gasteiger partial charge is 0.0596 e. The SMILES string of the molecule is CCCCCCCCC#CCN(C)C. The van der Waals surface area contributed by atoms with Gasteiger partial charge in [0.05, 0.1) is 6.54 Å². The molecule has 1 nitrogen and oxygen atoms in total. The van der Waals surface area contributed by atoms with Crippen LogP contribution in [0.5, 0.6) is 0 Å². The fourth-order valence-electron chi connectivity index (χ4n) is 1.30. The number of hydrogen-bond acceptors (Lipinski definition) is 1. The quantitative estimate of drug-likeness (QED) is 0.445. The van der Waals surface area contributed by atoms with Crippen LogP contribution in [0.15, 0.2) is 0 Å². The second-order valence-electron chi connectivity index (χ2n) is 4.11. The van der Waals surface area contributed by atoms with Crippen molar-refractivity contribution in [2.24, 2.45) is 0 Å². The maximum Gasteiger partial charge on any atom is 0.0596 e. The van der Waals surface area contributed by atoms with Gasteiger partial charge in [-0.05, 0) is 20.5 Å². The second kappa shape index (κ2) is 10.6. The van der Waals surface area contributed by atoms with E-state index in [9.17, 15) is 0 Å². The lowest BCUT2D eigenvalue weighted by atomic mass is 10.1. The first-order chi connectivity index (χ1) is 6.77. The fourth-order valence-corrected chi connectivity index (χ4v) is 1.30. The monoisotopic (exact) mass is 195 g/mol. The van der Waals surface area contributed by atoms with E-state index < -0.39 is 0 Å². The molecule has 0 atom stereocenters. The van der Waals surface area contributed by atoms with Crippen molar-refractivity contribution < 1.29 is 0 Å². The molecule has 0 saturated carbocycles. The standard InChI is InChI=1S/C13H25N/c1-4-5-6-7-8-9-10-11-12-13-14(2)3/h4-10,13H2,1-3H3. The van der Waals surface area contributed by atoms with Crippen molar-refractivity contribution in [1.29, 1.82) is 0 Å². The first-order valence-electron chi connectivity index (χ1n) is 5.87. The van der Waals surface area contributed by atoms with E-state index in [1.165, 1.54) is 38.5 Å². The highest BCUT2D eigenvalue weighted by atomic mass is 15.0. The summed E-state index contributed by atoms with van der Waals surface area (Å²) in [5.41, 5.74) is 0. The molecule has 0 spiro atoms. The molecule has 0 aromatic carbocycles. The van der Waals surface area contributed by atoms with Crippen LogP contribution in [0.25, 0.3) is 0 Å². The maximum atomic E-state index is 3.22. The van der Waals surface area contributed by atoms with Crippen LogP contribution >= 0.6 is 0 Å². The Morgan fingerprint density at radius 3 is 2.14 bits per heavy atom. The molecule has 0 aliphatic rings. The molecule has 0 heterocycles. The minimum Gasteiger partial charge on any atom is -0.299 e. The Morgan fingerprint density at radius 1 is 0.857 bits per heavy atom. The Morgan fingerprint density at radius 2 is 1.50 bits per heavy atom. The molecule has 0 aromatic rings. The molecule has 0 radical (unpaired) electrons. The summed E-state index contributed by atoms with van der Waals surface area (Å²) in [5.74, 6) is 6.38. The molecule has 0 aliphatic carbocycles. The second-order valence-corrected chi connectivity index (χ2v) is 4.11. The van der Waals surface area contributed by atoms with E-state index in [2.05, 4.69) is 37.8 Å². The van der Waals surface area contributed by atoms with E-state index in [-0.39, 0.29) is 0 Å². The van der Waals surface area contributed by atoms with Gasteiger partial charge in [0.25, 0.3) is 0 Å². The van der Waals surface area contributed by atoms with Gasteiger partial charge in [-0.2, -0.15) is 0 Å². The van der Waals surface area contributed by atoms with Crippen molar-refractivity contribution in [3.05, 3.63) is 0 Å². The van der Waals surface area contributed by atoms with E-state index in [1.54, 1.807) is 0 Å². The Kier molecular flexibility index (Phi) is 10.2. The molecule has 0 aromatic heterocycles. The minimum absolute atomic E-state index is 0.899. The lowest BCUT2D eigenvalue weighted by Gasteiger charge is -2.00. The lowest BCUT2D eigenvalue weighted by Crippen LogP contribution is -2.10. The highest BCUT2D eigenvalue weighted by Gasteiger charge is 1.87. The molecule has 0 amide bonds. The predicted molar refractivity (Wildman–Crippen MR) is 64.3 cm³/mol. The molecule has 0 aliphatic heterocycles. The van der Waals surface area contributed by atoms with E-state index in [0.29, 0.717) is 0 Å². The van der Waals surface area contributed by atoms with E-state index in [1.807, 2.05) is 0 Å². The number of unbranched alkanes of at least 4 members (excludes halogenated alkanes) is 6. The summed E-state index contributed by atoms with van der Waals surface area (Å²) >= 11 is 0. The molecule has 0 rings (SSSR count). The first kappa shape index (κ1) is 13.5. The Labute approximate surface area is 89.9 Å². The molecular weight excluding hydrogens is 170 g/mol. The van der Waals surface area contributed by atoms with Gasteiger partial charge in [-0.25, -0.2) is 0 Å². The molecule has 1 heteroatoms. The first-order valence-corrected chi connectivity index (χ1v) is 5.87. The van der Waals surface area contributed by atoms with Gasteiger partial charge in [0.1, 0.15) is 0 Å². The lowest BCUT2D eigenvalue weighted by molar-refractivity contribution is 0.463. The molecule has 0 fully saturated rings. The largest absolute Gasteiger partial charge is 0.299 e. The van der Waals surface area contributed by atoms with Crippen LogP contribution in [0, 0.1) is 11.8 Å². The maximum absolute atomic E-state index is 3.22. The fraction of sp³-hybridized carbons (Fsp3) is 0.846. The van der Waals surface area contributed by atoms with Crippen molar-refractivity contribution in [3.8, 4) is 11.8 Å². The van der Waals surface area contributed by atoms with Crippen molar-refractivity contribution in [1.82, 2.24) is 4.90 Å². The Hall–Kier alpha value is -0.480. The van der Waals surface area contributed by atoms with Gasteiger partial charge in [0, 0.05) is 6.42 Å². The summed E-state index contributed by atoms with van der Waals surface area (Å²) in [5, 5.41) is 0. The van der Waals surface area contributed by atoms with Crippen LogP contribution < -0.4 is 0 Å².